The second kappa shape index (κ2) is 13.0. The summed E-state index contributed by atoms with van der Waals surface area (Å²) in [5.74, 6) is 0.155. The summed E-state index contributed by atoms with van der Waals surface area (Å²) >= 11 is 0. The molecule has 0 bridgehead atoms. The predicted molar refractivity (Wildman–Crippen MR) is 181 cm³/mol. The van der Waals surface area contributed by atoms with E-state index >= 15 is 0 Å². The molecule has 5 heteroatoms. The first-order chi connectivity index (χ1) is 21.1. The van der Waals surface area contributed by atoms with E-state index in [0.717, 1.165) is 46.4 Å². The van der Waals surface area contributed by atoms with Crippen molar-refractivity contribution in [3.05, 3.63) is 126 Å². The molecule has 0 saturated heterocycles. The number of rotatable bonds is 11. The van der Waals surface area contributed by atoms with Gasteiger partial charge >= 0.3 is 5.97 Å². The van der Waals surface area contributed by atoms with E-state index in [9.17, 15) is 14.7 Å². The Balaban J connectivity index is 1.59. The van der Waals surface area contributed by atoms with Gasteiger partial charge in [-0.1, -0.05) is 76.2 Å². The molecule has 1 heterocycles. The van der Waals surface area contributed by atoms with Crippen molar-refractivity contribution >= 4 is 39.8 Å². The standard InChI is InChI=1S/C39H42N2O3/c1-27(2)23-29-13-18-33(19-14-29)41(5,34-20-15-30(16-21-34)24-28(3)4)35-10-8-9-31(25-35)39(44)40-26-32(17-22-38(42)43)36-11-6-7-12-37(36)40/h6-16,18-21,25-28H,17,22-24H2,1-5H3/p+1. The van der Waals surface area contributed by atoms with Crippen LogP contribution in [-0.2, 0) is 24.1 Å². The van der Waals surface area contributed by atoms with E-state index in [1.165, 1.54) is 11.1 Å². The Hall–Kier alpha value is -4.48. The Morgan fingerprint density at radius 1 is 0.727 bits per heavy atom. The molecule has 0 radical (unpaired) electrons. The van der Waals surface area contributed by atoms with Crippen LogP contribution >= 0.6 is 0 Å². The van der Waals surface area contributed by atoms with Crippen molar-refractivity contribution < 1.29 is 14.7 Å². The van der Waals surface area contributed by atoms with Gasteiger partial charge in [0.1, 0.15) is 17.1 Å². The summed E-state index contributed by atoms with van der Waals surface area (Å²) in [6.07, 6.45) is 4.23. The normalized spacial score (nSPS) is 11.9. The minimum atomic E-state index is -0.854. The van der Waals surface area contributed by atoms with Crippen LogP contribution in [0.15, 0.2) is 103 Å². The molecule has 0 atom stereocenters. The second-order valence-corrected chi connectivity index (χ2v) is 12.8. The first-order valence-electron chi connectivity index (χ1n) is 15.6. The summed E-state index contributed by atoms with van der Waals surface area (Å²) in [6.45, 7) is 8.94. The van der Waals surface area contributed by atoms with Gasteiger partial charge in [-0.3, -0.25) is 14.2 Å². The van der Waals surface area contributed by atoms with Crippen LogP contribution in [0, 0.1) is 11.8 Å². The largest absolute Gasteiger partial charge is 0.481 e. The highest BCUT2D eigenvalue weighted by molar-refractivity contribution is 6.03. The third kappa shape index (κ3) is 6.53. The zero-order chi connectivity index (χ0) is 31.4. The minimum absolute atomic E-state index is 0.0133. The van der Waals surface area contributed by atoms with Crippen molar-refractivity contribution in [3.63, 3.8) is 0 Å². The molecule has 0 aliphatic heterocycles. The maximum atomic E-state index is 14.1. The van der Waals surface area contributed by atoms with E-state index in [0.29, 0.717) is 28.3 Å². The average Bonchev–Trinajstić information content (AvgIpc) is 3.38. The first kappa shape index (κ1) is 31.0. The average molecular weight is 588 g/mol. The molecule has 5 nitrogen and oxygen atoms in total. The van der Waals surface area contributed by atoms with E-state index in [1.54, 1.807) is 10.8 Å². The summed E-state index contributed by atoms with van der Waals surface area (Å²) in [5, 5.41) is 10.2. The van der Waals surface area contributed by atoms with E-state index in [-0.39, 0.29) is 12.3 Å². The van der Waals surface area contributed by atoms with Crippen molar-refractivity contribution in [3.8, 4) is 0 Å². The molecule has 226 valence electrons. The Labute approximate surface area is 261 Å². The lowest BCUT2D eigenvalue weighted by atomic mass is 10.0. The van der Waals surface area contributed by atoms with Gasteiger partial charge in [-0.05, 0) is 59.9 Å². The third-order valence-corrected chi connectivity index (χ3v) is 8.42. The molecule has 5 aromatic rings. The third-order valence-electron chi connectivity index (χ3n) is 8.42. The second-order valence-electron chi connectivity index (χ2n) is 12.8. The van der Waals surface area contributed by atoms with Crippen LogP contribution in [0.25, 0.3) is 10.9 Å². The Morgan fingerprint density at radius 3 is 1.84 bits per heavy atom. The van der Waals surface area contributed by atoms with Gasteiger partial charge in [-0.15, -0.1) is 0 Å². The summed E-state index contributed by atoms with van der Waals surface area (Å²) < 4.78 is 2.07. The highest BCUT2D eigenvalue weighted by atomic mass is 16.4. The van der Waals surface area contributed by atoms with E-state index < -0.39 is 5.97 Å². The molecular weight excluding hydrogens is 544 g/mol. The lowest BCUT2D eigenvalue weighted by Crippen LogP contribution is -2.34. The smallest absolute Gasteiger partial charge is 0.303 e. The summed E-state index contributed by atoms with van der Waals surface area (Å²) in [5.41, 5.74) is 8.03. The lowest BCUT2D eigenvalue weighted by Gasteiger charge is -2.34. The van der Waals surface area contributed by atoms with Crippen LogP contribution in [0.2, 0.25) is 0 Å². The predicted octanol–water partition coefficient (Wildman–Crippen LogP) is 9.34. The van der Waals surface area contributed by atoms with Gasteiger partial charge in [0.2, 0.25) is 0 Å². The highest BCUT2D eigenvalue weighted by Crippen LogP contribution is 2.42. The summed E-state index contributed by atoms with van der Waals surface area (Å²) in [7, 11) is 2.19. The molecule has 0 saturated carbocycles. The van der Waals surface area contributed by atoms with Gasteiger partial charge in [-0.2, -0.15) is 0 Å². The fourth-order valence-corrected chi connectivity index (χ4v) is 6.17. The quantitative estimate of drug-likeness (QED) is 0.157. The van der Waals surface area contributed by atoms with E-state index in [4.69, 9.17) is 0 Å². The number of aryl methyl sites for hydroxylation is 1. The molecule has 44 heavy (non-hydrogen) atoms. The number of fused-ring (bicyclic) bond motifs is 1. The minimum Gasteiger partial charge on any atom is -0.481 e. The zero-order valence-electron chi connectivity index (χ0n) is 26.5. The number of hydrogen-bond acceptors (Lipinski definition) is 2. The van der Waals surface area contributed by atoms with Crippen LogP contribution in [0.3, 0.4) is 0 Å². The molecular formula is C39H43N2O3+. The molecule has 4 aromatic carbocycles. The number of aliphatic carboxylic acids is 1. The van der Waals surface area contributed by atoms with Crippen LogP contribution in [0.5, 0.6) is 0 Å². The highest BCUT2D eigenvalue weighted by Gasteiger charge is 2.32. The summed E-state index contributed by atoms with van der Waals surface area (Å²) in [4.78, 5) is 25.4. The Morgan fingerprint density at radius 2 is 1.30 bits per heavy atom. The topological polar surface area (TPSA) is 59.3 Å². The number of hydrogen-bond donors (Lipinski definition) is 1. The molecule has 5 rings (SSSR count). The van der Waals surface area contributed by atoms with Gasteiger partial charge in [-0.25, -0.2) is 4.48 Å². The van der Waals surface area contributed by atoms with Crippen molar-refractivity contribution in [2.24, 2.45) is 11.8 Å². The van der Waals surface area contributed by atoms with Crippen molar-refractivity contribution in [1.82, 2.24) is 9.05 Å². The van der Waals surface area contributed by atoms with Crippen LogP contribution in [0.4, 0.5) is 17.1 Å². The number of carbonyl (C=O) groups excluding carboxylic acids is 1. The van der Waals surface area contributed by atoms with Crippen LogP contribution in [-0.4, -0.2) is 28.6 Å². The molecule has 0 aliphatic rings. The fraction of sp³-hybridized carbons (Fsp3) is 0.282. The van der Waals surface area contributed by atoms with Crippen LogP contribution < -0.4 is 4.48 Å². The van der Waals surface area contributed by atoms with Crippen LogP contribution in [0.1, 0.15) is 61.2 Å². The number of para-hydroxylation sites is 1. The number of quaternary nitrogens is 1. The SMILES string of the molecule is CC(C)Cc1ccc([N+](C)(c2ccc(CC(C)C)cc2)c2cccc(C(=O)n3cc(CCC(=O)O)c4ccccc43)c2)cc1. The van der Waals surface area contributed by atoms with Gasteiger partial charge in [0.05, 0.1) is 12.6 Å². The van der Waals surface area contributed by atoms with Crippen molar-refractivity contribution in [2.45, 2.75) is 53.4 Å². The Bertz CT molecular complexity index is 1710. The van der Waals surface area contributed by atoms with Gasteiger partial charge < -0.3 is 5.11 Å². The monoisotopic (exact) mass is 587 g/mol. The number of carbonyl (C=O) groups is 2. The van der Waals surface area contributed by atoms with Crippen molar-refractivity contribution in [2.75, 3.05) is 7.05 Å². The lowest BCUT2D eigenvalue weighted by molar-refractivity contribution is -0.136. The molecule has 0 aliphatic carbocycles. The van der Waals surface area contributed by atoms with Gasteiger partial charge in [0.25, 0.3) is 5.91 Å². The first-order valence-corrected chi connectivity index (χ1v) is 15.6. The number of aromatic nitrogens is 1. The molecule has 1 N–H and O–H groups in total. The molecule has 1 aromatic heterocycles. The number of nitrogens with zero attached hydrogens (tertiary/aromatic N) is 2. The molecule has 0 unspecified atom stereocenters. The molecule has 0 fully saturated rings. The van der Waals surface area contributed by atoms with Crippen molar-refractivity contribution in [1.29, 1.82) is 0 Å². The Kier molecular flexibility index (Phi) is 9.17. The number of carboxylic acids is 1. The van der Waals surface area contributed by atoms with Gasteiger partial charge in [0.15, 0.2) is 0 Å². The number of benzene rings is 4. The summed E-state index contributed by atoms with van der Waals surface area (Å²) in [6, 6.07) is 33.3. The van der Waals surface area contributed by atoms with E-state index in [1.807, 2.05) is 42.5 Å². The zero-order valence-corrected chi connectivity index (χ0v) is 26.5. The maximum Gasteiger partial charge on any atom is 0.303 e. The van der Waals surface area contributed by atoms with E-state index in [2.05, 4.69) is 89.3 Å². The number of carboxylic acid groups (broad SMARTS) is 1. The fourth-order valence-electron chi connectivity index (χ4n) is 6.17. The molecule has 0 amide bonds. The molecule has 0 spiro atoms. The maximum absolute atomic E-state index is 14.1. The van der Waals surface area contributed by atoms with Gasteiger partial charge in [0, 0.05) is 60.0 Å².